The Kier molecular flexibility index (Phi) is 4.95. The normalized spacial score (nSPS) is 13.2. The van der Waals surface area contributed by atoms with E-state index in [-0.39, 0.29) is 11.7 Å². The van der Waals surface area contributed by atoms with Crippen molar-refractivity contribution in [2.45, 2.75) is 13.3 Å². The molecular formula is C22H21N5O2. The largest absolute Gasteiger partial charge is 0.358 e. The average Bonchev–Trinajstić information content (AvgIpc) is 3.18. The molecule has 146 valence electrons. The highest BCUT2D eigenvalue weighted by atomic mass is 16.1. The van der Waals surface area contributed by atoms with Crippen molar-refractivity contribution in [3.63, 3.8) is 0 Å². The van der Waals surface area contributed by atoms with Crippen molar-refractivity contribution >= 4 is 23.7 Å². The lowest BCUT2D eigenvalue weighted by Crippen LogP contribution is -2.31. The van der Waals surface area contributed by atoms with E-state index >= 15 is 0 Å². The van der Waals surface area contributed by atoms with Gasteiger partial charge >= 0.3 is 0 Å². The van der Waals surface area contributed by atoms with Crippen LogP contribution in [0.1, 0.15) is 38.9 Å². The summed E-state index contributed by atoms with van der Waals surface area (Å²) in [6, 6.07) is 13.0. The Labute approximate surface area is 168 Å². The third-order valence-electron chi connectivity index (χ3n) is 4.89. The van der Waals surface area contributed by atoms with Crippen LogP contribution < -0.4 is 10.3 Å². The molecule has 0 radical (unpaired) electrons. The Morgan fingerprint density at radius 2 is 2.00 bits per heavy atom. The van der Waals surface area contributed by atoms with Crippen LogP contribution in [0.5, 0.6) is 0 Å². The summed E-state index contributed by atoms with van der Waals surface area (Å²) in [6.07, 6.45) is 4.24. The van der Waals surface area contributed by atoms with Crippen molar-refractivity contribution in [3.05, 3.63) is 71.0 Å². The number of Topliss-reactive ketones (excluding diaryl/α,β-unsaturated/α-hetero) is 1. The fraction of sp³-hybridized carbons (Fsp3) is 0.182. The smallest absolute Gasteiger partial charge is 0.253 e. The van der Waals surface area contributed by atoms with Gasteiger partial charge in [0.05, 0.1) is 11.8 Å². The second-order valence-electron chi connectivity index (χ2n) is 6.93. The molecule has 0 saturated heterocycles. The second-order valence-corrected chi connectivity index (χ2v) is 6.93. The van der Waals surface area contributed by atoms with E-state index in [0.29, 0.717) is 23.5 Å². The molecule has 1 aliphatic heterocycles. The summed E-state index contributed by atoms with van der Waals surface area (Å²) in [4.78, 5) is 31.1. The third-order valence-corrected chi connectivity index (χ3v) is 4.89. The van der Waals surface area contributed by atoms with E-state index in [4.69, 9.17) is 0 Å². The number of hydrazone groups is 1. The van der Waals surface area contributed by atoms with Gasteiger partial charge in [-0.2, -0.15) is 5.10 Å². The van der Waals surface area contributed by atoms with Gasteiger partial charge in [-0.25, -0.2) is 4.98 Å². The molecule has 0 atom stereocenters. The predicted molar refractivity (Wildman–Crippen MR) is 113 cm³/mol. The number of amides is 1. The molecular weight excluding hydrogens is 366 g/mol. The number of aromatic nitrogens is 2. The highest BCUT2D eigenvalue weighted by Crippen LogP contribution is 2.26. The van der Waals surface area contributed by atoms with Crippen LogP contribution in [-0.2, 0) is 6.42 Å². The number of H-pyrrole nitrogens is 1. The number of nitrogens with one attached hydrogen (secondary N) is 2. The van der Waals surface area contributed by atoms with E-state index in [0.717, 1.165) is 28.9 Å². The van der Waals surface area contributed by atoms with Crippen LogP contribution in [0.25, 0.3) is 11.3 Å². The number of carbonyl (C=O) groups is 2. The number of hydrogen-bond acceptors (Lipinski definition) is 5. The molecule has 0 aliphatic carbocycles. The van der Waals surface area contributed by atoms with E-state index < -0.39 is 0 Å². The molecule has 0 fully saturated rings. The number of pyridine rings is 1. The summed E-state index contributed by atoms with van der Waals surface area (Å²) < 4.78 is 0. The van der Waals surface area contributed by atoms with Gasteiger partial charge < -0.3 is 10.3 Å². The van der Waals surface area contributed by atoms with Gasteiger partial charge in [-0.3, -0.25) is 14.6 Å². The summed E-state index contributed by atoms with van der Waals surface area (Å²) in [5.74, 6) is 0.673. The van der Waals surface area contributed by atoms with Gasteiger partial charge in [0.25, 0.3) is 5.91 Å². The molecule has 2 N–H and O–H groups in total. The zero-order valence-corrected chi connectivity index (χ0v) is 16.3. The van der Waals surface area contributed by atoms with E-state index in [1.165, 1.54) is 0 Å². The fourth-order valence-electron chi connectivity index (χ4n) is 3.23. The Morgan fingerprint density at radius 3 is 2.72 bits per heavy atom. The van der Waals surface area contributed by atoms with Crippen molar-refractivity contribution in [2.24, 2.45) is 5.10 Å². The number of rotatable bonds is 5. The lowest BCUT2D eigenvalue weighted by Gasteiger charge is -2.12. The van der Waals surface area contributed by atoms with Gasteiger partial charge in [-0.05, 0) is 30.7 Å². The van der Waals surface area contributed by atoms with E-state index in [2.05, 4.69) is 20.4 Å². The minimum Gasteiger partial charge on any atom is -0.358 e. The number of fused-ring (bicyclic) bond motifs is 1. The number of benzene rings is 1. The van der Waals surface area contributed by atoms with Crippen molar-refractivity contribution in [3.8, 4) is 11.3 Å². The highest BCUT2D eigenvalue weighted by molar-refractivity contribution is 5.98. The molecule has 3 aromatic rings. The van der Waals surface area contributed by atoms with E-state index in [9.17, 15) is 9.59 Å². The molecule has 3 heterocycles. The highest BCUT2D eigenvalue weighted by Gasteiger charge is 2.20. The van der Waals surface area contributed by atoms with Crippen molar-refractivity contribution in [1.82, 2.24) is 15.3 Å². The molecule has 29 heavy (non-hydrogen) atoms. The molecule has 7 heteroatoms. The number of ketones is 1. The quantitative estimate of drug-likeness (QED) is 0.400. The Bertz CT molecular complexity index is 1100. The number of aromatic amines is 1. The van der Waals surface area contributed by atoms with Gasteiger partial charge in [0.15, 0.2) is 5.78 Å². The van der Waals surface area contributed by atoms with Crippen LogP contribution in [0.4, 0.5) is 5.82 Å². The predicted octanol–water partition coefficient (Wildman–Crippen LogP) is 3.04. The number of hydrogen-bond donors (Lipinski definition) is 2. The monoisotopic (exact) mass is 387 g/mol. The first-order chi connectivity index (χ1) is 14.0. The number of nitrogens with zero attached hydrogens (tertiary/aromatic N) is 3. The average molecular weight is 387 g/mol. The topological polar surface area (TPSA) is 90.5 Å². The maximum Gasteiger partial charge on any atom is 0.253 e. The van der Waals surface area contributed by atoms with Gasteiger partial charge in [0.1, 0.15) is 5.82 Å². The summed E-state index contributed by atoms with van der Waals surface area (Å²) in [6.45, 7) is 2.20. The van der Waals surface area contributed by atoms with Gasteiger partial charge in [0.2, 0.25) is 0 Å². The number of carbonyl (C=O) groups excluding carboxylic acids is 2. The molecule has 0 spiro atoms. The molecule has 2 aromatic heterocycles. The molecule has 7 nitrogen and oxygen atoms in total. The molecule has 1 aromatic carbocycles. The Balaban J connectivity index is 1.54. The minimum atomic E-state index is -0.0412. The maximum atomic E-state index is 12.0. The third kappa shape index (κ3) is 3.94. The molecule has 1 amide bonds. The molecule has 0 unspecified atom stereocenters. The van der Waals surface area contributed by atoms with Crippen LogP contribution in [-0.4, -0.2) is 41.5 Å². The zero-order chi connectivity index (χ0) is 20.4. The first kappa shape index (κ1) is 18.6. The first-order valence-electron chi connectivity index (χ1n) is 9.36. The van der Waals surface area contributed by atoms with Crippen LogP contribution >= 0.6 is 0 Å². The molecule has 0 bridgehead atoms. The van der Waals surface area contributed by atoms with Crippen molar-refractivity contribution < 1.29 is 9.59 Å². The van der Waals surface area contributed by atoms with E-state index in [1.807, 2.05) is 37.4 Å². The van der Waals surface area contributed by atoms with Crippen LogP contribution in [0.2, 0.25) is 0 Å². The van der Waals surface area contributed by atoms with Crippen LogP contribution in [0.15, 0.2) is 53.8 Å². The first-order valence-corrected chi connectivity index (χ1v) is 9.36. The van der Waals surface area contributed by atoms with Crippen LogP contribution in [0, 0.1) is 0 Å². The van der Waals surface area contributed by atoms with Crippen molar-refractivity contribution in [2.75, 3.05) is 18.6 Å². The molecule has 0 saturated carbocycles. The maximum absolute atomic E-state index is 12.0. The van der Waals surface area contributed by atoms with Gasteiger partial charge in [0, 0.05) is 48.7 Å². The molecule has 4 rings (SSSR count). The summed E-state index contributed by atoms with van der Waals surface area (Å²) in [5, 5.41) is 8.97. The summed E-state index contributed by atoms with van der Waals surface area (Å²) in [7, 11) is 1.82. The van der Waals surface area contributed by atoms with Gasteiger partial charge in [-0.1, -0.05) is 24.3 Å². The summed E-state index contributed by atoms with van der Waals surface area (Å²) in [5.41, 5.74) is 5.04. The lowest BCUT2D eigenvalue weighted by molar-refractivity contribution is 0.0945. The fourth-order valence-corrected chi connectivity index (χ4v) is 3.23. The summed E-state index contributed by atoms with van der Waals surface area (Å²) >= 11 is 0. The Morgan fingerprint density at radius 1 is 1.21 bits per heavy atom. The SMILES string of the molecule is CC(=O)c1ccc(C=NN(C)c2cc(-c3cc4c([nH]3)CCNC4=O)ccn2)cc1. The molecule has 1 aliphatic rings. The minimum absolute atomic E-state index is 0.0371. The van der Waals surface area contributed by atoms with Gasteiger partial charge in [-0.15, -0.1) is 0 Å². The lowest BCUT2D eigenvalue weighted by atomic mass is 10.1. The van der Waals surface area contributed by atoms with E-state index in [1.54, 1.807) is 36.5 Å². The zero-order valence-electron chi connectivity index (χ0n) is 16.3. The van der Waals surface area contributed by atoms with Crippen LogP contribution in [0.3, 0.4) is 0 Å². The number of anilines is 1. The second kappa shape index (κ2) is 7.71. The van der Waals surface area contributed by atoms with Crippen molar-refractivity contribution in [1.29, 1.82) is 0 Å². The standard InChI is InChI=1S/C22H21N5O2/c1-14(28)16-5-3-15(4-6-16)13-25-27(2)21-11-17(7-9-23-21)20-12-18-19(26-20)8-10-24-22(18)29/h3-7,9,11-13,26H,8,10H2,1-2H3,(H,24,29). The Hall–Kier alpha value is -3.74.